The first-order valence-corrected chi connectivity index (χ1v) is 8.66. The fraction of sp³-hybridized carbons (Fsp3) is 0.579. The monoisotopic (exact) mass is 332 g/mol. The number of ether oxygens (including phenoxy) is 1. The maximum Gasteiger partial charge on any atom is 0.410 e. The van der Waals surface area contributed by atoms with E-state index in [0.717, 1.165) is 18.4 Å². The van der Waals surface area contributed by atoms with E-state index in [9.17, 15) is 9.59 Å². The summed E-state index contributed by atoms with van der Waals surface area (Å²) < 4.78 is 5.42. The molecule has 24 heavy (non-hydrogen) atoms. The number of nitrogens with zero attached hydrogens (tertiary/aromatic N) is 1. The first-order valence-electron chi connectivity index (χ1n) is 8.66. The standard InChI is InChI=1S/C19H28N2O3/c1-5-15(14-10-7-6-8-11-14)20-17(22)16-12-9-13-21(16)18(23)24-19(2,3)4/h6-8,10-11,15-16H,5,9,12-13H2,1-4H3,(H,20,22)/t15-,16+/m1/s1. The number of likely N-dealkylation sites (tertiary alicyclic amines) is 1. The molecule has 2 amide bonds. The Kier molecular flexibility index (Phi) is 5.86. The molecule has 5 nitrogen and oxygen atoms in total. The highest BCUT2D eigenvalue weighted by Gasteiger charge is 2.37. The second-order valence-corrected chi connectivity index (χ2v) is 7.21. The zero-order valence-corrected chi connectivity index (χ0v) is 15.0. The molecule has 1 aliphatic rings. The van der Waals surface area contributed by atoms with Crippen LogP contribution >= 0.6 is 0 Å². The van der Waals surface area contributed by atoms with Crippen LogP contribution in [0.5, 0.6) is 0 Å². The lowest BCUT2D eigenvalue weighted by molar-refractivity contribution is -0.126. The van der Waals surface area contributed by atoms with Crippen molar-refractivity contribution in [1.29, 1.82) is 0 Å². The van der Waals surface area contributed by atoms with Crippen molar-refractivity contribution in [3.8, 4) is 0 Å². The Bertz CT molecular complexity index is 566. The molecule has 1 aliphatic heterocycles. The van der Waals surface area contributed by atoms with Gasteiger partial charge in [-0.15, -0.1) is 0 Å². The summed E-state index contributed by atoms with van der Waals surface area (Å²) in [5.41, 5.74) is 0.520. The molecular weight excluding hydrogens is 304 g/mol. The van der Waals surface area contributed by atoms with Crippen LogP contribution < -0.4 is 5.32 Å². The van der Waals surface area contributed by atoms with E-state index in [-0.39, 0.29) is 11.9 Å². The Morgan fingerprint density at radius 1 is 1.29 bits per heavy atom. The van der Waals surface area contributed by atoms with Crippen LogP contribution in [0.3, 0.4) is 0 Å². The highest BCUT2D eigenvalue weighted by atomic mass is 16.6. The van der Waals surface area contributed by atoms with E-state index in [0.29, 0.717) is 13.0 Å². The average molecular weight is 332 g/mol. The van der Waals surface area contributed by atoms with Crippen LogP contribution in [0.25, 0.3) is 0 Å². The zero-order valence-electron chi connectivity index (χ0n) is 15.0. The Morgan fingerprint density at radius 3 is 2.54 bits per heavy atom. The predicted octanol–water partition coefficient (Wildman–Crippen LogP) is 3.65. The van der Waals surface area contributed by atoms with Gasteiger partial charge in [-0.2, -0.15) is 0 Å². The van der Waals surface area contributed by atoms with Gasteiger partial charge in [0.25, 0.3) is 0 Å². The van der Waals surface area contributed by atoms with Crippen molar-refractivity contribution < 1.29 is 14.3 Å². The molecular formula is C19H28N2O3. The van der Waals surface area contributed by atoms with E-state index in [1.807, 2.05) is 58.0 Å². The zero-order chi connectivity index (χ0) is 17.7. The minimum atomic E-state index is -0.559. The molecule has 2 atom stereocenters. The molecule has 0 aromatic heterocycles. The van der Waals surface area contributed by atoms with Gasteiger partial charge in [-0.3, -0.25) is 9.69 Å². The van der Waals surface area contributed by atoms with Gasteiger partial charge in [-0.05, 0) is 45.6 Å². The first-order chi connectivity index (χ1) is 11.3. The van der Waals surface area contributed by atoms with Crippen LogP contribution in [0.2, 0.25) is 0 Å². The maximum atomic E-state index is 12.7. The van der Waals surface area contributed by atoms with Crippen molar-refractivity contribution in [2.24, 2.45) is 0 Å². The third kappa shape index (κ3) is 4.73. The highest BCUT2D eigenvalue weighted by Crippen LogP contribution is 2.23. The number of nitrogens with one attached hydrogen (secondary N) is 1. The fourth-order valence-corrected chi connectivity index (χ4v) is 2.95. The van der Waals surface area contributed by atoms with Crippen molar-refractivity contribution in [2.45, 2.75) is 64.6 Å². The molecule has 1 fully saturated rings. The van der Waals surface area contributed by atoms with Crippen molar-refractivity contribution in [3.05, 3.63) is 35.9 Å². The fourth-order valence-electron chi connectivity index (χ4n) is 2.95. The van der Waals surface area contributed by atoms with Crippen LogP contribution in [0.15, 0.2) is 30.3 Å². The average Bonchev–Trinajstić information content (AvgIpc) is 3.01. The SMILES string of the molecule is CC[C@@H](NC(=O)[C@@H]1CCCN1C(=O)OC(C)(C)C)c1ccccc1. The Morgan fingerprint density at radius 2 is 1.96 bits per heavy atom. The summed E-state index contributed by atoms with van der Waals surface area (Å²) in [6, 6.07) is 9.42. The lowest BCUT2D eigenvalue weighted by Gasteiger charge is -2.29. The second-order valence-electron chi connectivity index (χ2n) is 7.21. The minimum Gasteiger partial charge on any atom is -0.444 e. The lowest BCUT2D eigenvalue weighted by Crippen LogP contribution is -2.48. The molecule has 2 rings (SSSR count). The molecule has 0 spiro atoms. The summed E-state index contributed by atoms with van der Waals surface area (Å²) in [6.45, 7) is 8.10. The minimum absolute atomic E-state index is 0.0419. The third-order valence-corrected chi connectivity index (χ3v) is 4.11. The van der Waals surface area contributed by atoms with E-state index in [4.69, 9.17) is 4.74 Å². The number of carbonyl (C=O) groups is 2. The molecule has 1 heterocycles. The number of rotatable bonds is 4. The molecule has 5 heteroatoms. The predicted molar refractivity (Wildman–Crippen MR) is 93.6 cm³/mol. The van der Waals surface area contributed by atoms with Crippen molar-refractivity contribution in [2.75, 3.05) is 6.54 Å². The van der Waals surface area contributed by atoms with Gasteiger partial charge in [-0.1, -0.05) is 37.3 Å². The van der Waals surface area contributed by atoms with Gasteiger partial charge < -0.3 is 10.1 Å². The van der Waals surface area contributed by atoms with Crippen molar-refractivity contribution in [3.63, 3.8) is 0 Å². The van der Waals surface area contributed by atoms with E-state index >= 15 is 0 Å². The van der Waals surface area contributed by atoms with Gasteiger partial charge in [-0.25, -0.2) is 4.79 Å². The smallest absolute Gasteiger partial charge is 0.410 e. The Balaban J connectivity index is 2.03. The van der Waals surface area contributed by atoms with Gasteiger partial charge in [0.1, 0.15) is 11.6 Å². The molecule has 1 N–H and O–H groups in total. The molecule has 1 saturated heterocycles. The first kappa shape index (κ1) is 18.3. The molecule has 1 aromatic carbocycles. The number of hydrogen-bond donors (Lipinski definition) is 1. The molecule has 1 aromatic rings. The third-order valence-electron chi connectivity index (χ3n) is 4.11. The van der Waals surface area contributed by atoms with E-state index < -0.39 is 17.7 Å². The lowest BCUT2D eigenvalue weighted by atomic mass is 10.0. The number of benzene rings is 1. The van der Waals surface area contributed by atoms with Crippen LogP contribution in [0.1, 0.15) is 58.6 Å². The van der Waals surface area contributed by atoms with Gasteiger partial charge in [0.05, 0.1) is 6.04 Å². The van der Waals surface area contributed by atoms with Gasteiger partial charge >= 0.3 is 6.09 Å². The Hall–Kier alpha value is -2.04. The summed E-state index contributed by atoms with van der Waals surface area (Å²) in [4.78, 5) is 26.6. The molecule has 0 unspecified atom stereocenters. The molecule has 0 aliphatic carbocycles. The molecule has 0 radical (unpaired) electrons. The second kappa shape index (κ2) is 7.69. The van der Waals surface area contributed by atoms with Gasteiger partial charge in [0, 0.05) is 6.54 Å². The highest BCUT2D eigenvalue weighted by molar-refractivity contribution is 5.86. The number of hydrogen-bond acceptors (Lipinski definition) is 3. The maximum absolute atomic E-state index is 12.7. The van der Waals surface area contributed by atoms with Crippen LogP contribution in [-0.4, -0.2) is 35.1 Å². The largest absolute Gasteiger partial charge is 0.444 e. The number of carbonyl (C=O) groups excluding carboxylic acids is 2. The summed E-state index contributed by atoms with van der Waals surface area (Å²) in [5, 5.41) is 3.08. The van der Waals surface area contributed by atoms with Crippen LogP contribution in [-0.2, 0) is 9.53 Å². The van der Waals surface area contributed by atoms with Crippen molar-refractivity contribution in [1.82, 2.24) is 10.2 Å². The summed E-state index contributed by atoms with van der Waals surface area (Å²) >= 11 is 0. The van der Waals surface area contributed by atoms with E-state index in [1.165, 1.54) is 0 Å². The topological polar surface area (TPSA) is 58.6 Å². The van der Waals surface area contributed by atoms with Gasteiger partial charge in [0.2, 0.25) is 5.91 Å². The number of amides is 2. The van der Waals surface area contributed by atoms with Gasteiger partial charge in [0.15, 0.2) is 0 Å². The summed E-state index contributed by atoms with van der Waals surface area (Å²) in [6.07, 6.45) is 1.89. The van der Waals surface area contributed by atoms with E-state index in [1.54, 1.807) is 4.90 Å². The van der Waals surface area contributed by atoms with Crippen molar-refractivity contribution >= 4 is 12.0 Å². The normalized spacial score (nSPS) is 19.0. The summed E-state index contributed by atoms with van der Waals surface area (Å²) in [5.74, 6) is -0.103. The molecule has 0 bridgehead atoms. The van der Waals surface area contributed by atoms with Crippen LogP contribution in [0, 0.1) is 0 Å². The van der Waals surface area contributed by atoms with Crippen LogP contribution in [0.4, 0.5) is 4.79 Å². The molecule has 0 saturated carbocycles. The van der Waals surface area contributed by atoms with E-state index in [2.05, 4.69) is 5.32 Å². The summed E-state index contributed by atoms with van der Waals surface area (Å²) in [7, 11) is 0. The Labute approximate surface area is 144 Å². The quantitative estimate of drug-likeness (QED) is 0.915. The molecule has 132 valence electrons.